The van der Waals surface area contributed by atoms with Gasteiger partial charge < -0.3 is 9.72 Å². The Hall–Kier alpha value is -2.36. The topological polar surface area (TPSA) is 59.2 Å². The van der Waals surface area contributed by atoms with Crippen LogP contribution in [0.1, 0.15) is 38.9 Å². The van der Waals surface area contributed by atoms with Gasteiger partial charge in [0.15, 0.2) is 0 Å². The largest absolute Gasteiger partial charge is 0.462 e. The molecule has 0 aliphatic rings. The maximum absolute atomic E-state index is 12.2. The molecule has 4 heteroatoms. The number of hydrogen-bond donors (Lipinski definition) is 1. The highest BCUT2D eigenvalue weighted by atomic mass is 16.5. The average Bonchev–Trinajstić information content (AvgIpc) is 2.89. The quantitative estimate of drug-likeness (QED) is 0.676. The normalized spacial score (nSPS) is 10.2. The summed E-state index contributed by atoms with van der Waals surface area (Å²) in [5.74, 6) is -0.572. The molecule has 0 bridgehead atoms. The van der Waals surface area contributed by atoms with Crippen LogP contribution in [-0.2, 0) is 4.74 Å². The number of esters is 1. The van der Waals surface area contributed by atoms with Crippen molar-refractivity contribution in [2.45, 2.75) is 13.8 Å². The Morgan fingerprint density at radius 3 is 2.47 bits per heavy atom. The van der Waals surface area contributed by atoms with Gasteiger partial charge in [-0.2, -0.15) is 0 Å². The van der Waals surface area contributed by atoms with Crippen molar-refractivity contribution in [2.75, 3.05) is 6.61 Å². The van der Waals surface area contributed by atoms with Gasteiger partial charge in [0.2, 0.25) is 5.78 Å². The minimum absolute atomic E-state index is 0.143. The highest BCUT2D eigenvalue weighted by Gasteiger charge is 2.14. The molecule has 0 aliphatic heterocycles. The lowest BCUT2D eigenvalue weighted by Crippen LogP contribution is -2.03. The summed E-state index contributed by atoms with van der Waals surface area (Å²) < 4.78 is 4.87. The minimum atomic E-state index is -0.429. The molecule has 1 N–H and O–H groups in total. The smallest absolute Gasteiger partial charge is 0.339 e. The minimum Gasteiger partial charge on any atom is -0.462 e. The SMILES string of the molecule is CCOC(=O)c1c[nH]c(C(=O)c2ccc(C)cc2)c1. The van der Waals surface area contributed by atoms with E-state index in [0.29, 0.717) is 23.4 Å². The summed E-state index contributed by atoms with van der Waals surface area (Å²) in [5, 5.41) is 0. The van der Waals surface area contributed by atoms with Crippen LogP contribution in [0.3, 0.4) is 0 Å². The van der Waals surface area contributed by atoms with Crippen molar-refractivity contribution in [1.29, 1.82) is 0 Å². The lowest BCUT2D eigenvalue weighted by atomic mass is 10.1. The van der Waals surface area contributed by atoms with Gasteiger partial charge in [-0.05, 0) is 19.9 Å². The Labute approximate surface area is 111 Å². The first-order valence-corrected chi connectivity index (χ1v) is 6.08. The molecule has 0 fully saturated rings. The van der Waals surface area contributed by atoms with Crippen LogP contribution in [-0.4, -0.2) is 23.3 Å². The van der Waals surface area contributed by atoms with Gasteiger partial charge in [-0.3, -0.25) is 4.79 Å². The maximum atomic E-state index is 12.2. The zero-order chi connectivity index (χ0) is 13.8. The van der Waals surface area contributed by atoms with Crippen molar-refractivity contribution in [2.24, 2.45) is 0 Å². The van der Waals surface area contributed by atoms with E-state index in [-0.39, 0.29) is 5.78 Å². The number of carbonyl (C=O) groups is 2. The van der Waals surface area contributed by atoms with Crippen LogP contribution >= 0.6 is 0 Å². The Morgan fingerprint density at radius 2 is 1.84 bits per heavy atom. The first-order chi connectivity index (χ1) is 9.11. The Kier molecular flexibility index (Phi) is 3.80. The highest BCUT2D eigenvalue weighted by molar-refractivity contribution is 6.09. The van der Waals surface area contributed by atoms with E-state index in [0.717, 1.165) is 5.56 Å². The number of ether oxygens (including phenoxy) is 1. The van der Waals surface area contributed by atoms with Gasteiger partial charge in [0.1, 0.15) is 0 Å². The fourth-order valence-corrected chi connectivity index (χ4v) is 1.72. The number of rotatable bonds is 4. The Morgan fingerprint density at radius 1 is 1.16 bits per heavy atom. The number of aryl methyl sites for hydroxylation is 1. The molecule has 0 unspecified atom stereocenters. The van der Waals surface area contributed by atoms with Crippen molar-refractivity contribution in [3.05, 3.63) is 58.9 Å². The lowest BCUT2D eigenvalue weighted by Gasteiger charge is -1.99. The molecule has 4 nitrogen and oxygen atoms in total. The van der Waals surface area contributed by atoms with Gasteiger partial charge in [0.05, 0.1) is 17.9 Å². The number of hydrogen-bond acceptors (Lipinski definition) is 3. The number of carbonyl (C=O) groups excluding carboxylic acids is 2. The molecular formula is C15H15NO3. The number of aromatic nitrogens is 1. The van der Waals surface area contributed by atoms with Crippen LogP contribution in [0.4, 0.5) is 0 Å². The van der Waals surface area contributed by atoms with Crippen LogP contribution in [0, 0.1) is 6.92 Å². The predicted octanol–water partition coefficient (Wildman–Crippen LogP) is 2.73. The molecule has 19 heavy (non-hydrogen) atoms. The summed E-state index contributed by atoms with van der Waals surface area (Å²) in [7, 11) is 0. The van der Waals surface area contributed by atoms with E-state index in [4.69, 9.17) is 4.74 Å². The molecule has 0 spiro atoms. The van der Waals surface area contributed by atoms with E-state index in [2.05, 4.69) is 4.98 Å². The predicted molar refractivity (Wildman–Crippen MR) is 71.4 cm³/mol. The van der Waals surface area contributed by atoms with Gasteiger partial charge in [-0.15, -0.1) is 0 Å². The van der Waals surface area contributed by atoms with Gasteiger partial charge in [-0.1, -0.05) is 29.8 Å². The van der Waals surface area contributed by atoms with Gasteiger partial charge in [0.25, 0.3) is 0 Å². The third-order valence-electron chi connectivity index (χ3n) is 2.75. The fraction of sp³-hybridized carbons (Fsp3) is 0.200. The van der Waals surface area contributed by atoms with E-state index >= 15 is 0 Å². The summed E-state index contributed by atoms with van der Waals surface area (Å²) >= 11 is 0. The summed E-state index contributed by atoms with van der Waals surface area (Å²) in [6, 6.07) is 8.80. The van der Waals surface area contributed by atoms with Crippen LogP contribution < -0.4 is 0 Å². The van der Waals surface area contributed by atoms with Crippen molar-refractivity contribution in [3.63, 3.8) is 0 Å². The van der Waals surface area contributed by atoms with Crippen LogP contribution in [0.5, 0.6) is 0 Å². The van der Waals surface area contributed by atoms with Crippen LogP contribution in [0.2, 0.25) is 0 Å². The number of H-pyrrole nitrogens is 1. The van der Waals surface area contributed by atoms with Crippen LogP contribution in [0.15, 0.2) is 36.5 Å². The first-order valence-electron chi connectivity index (χ1n) is 6.08. The standard InChI is InChI=1S/C15H15NO3/c1-3-19-15(18)12-8-13(16-9-12)14(17)11-6-4-10(2)5-7-11/h4-9,16H,3H2,1-2H3. The molecule has 1 aromatic carbocycles. The van der Waals surface area contributed by atoms with Gasteiger partial charge >= 0.3 is 5.97 Å². The fourth-order valence-electron chi connectivity index (χ4n) is 1.72. The number of benzene rings is 1. The molecule has 1 heterocycles. The number of ketones is 1. The molecule has 0 saturated heterocycles. The van der Waals surface area contributed by atoms with Crippen LogP contribution in [0.25, 0.3) is 0 Å². The first kappa shape index (κ1) is 13.1. The van der Waals surface area contributed by atoms with E-state index in [1.807, 2.05) is 19.1 Å². The molecule has 0 aliphatic carbocycles. The van der Waals surface area contributed by atoms with E-state index in [1.54, 1.807) is 19.1 Å². The molecule has 2 rings (SSSR count). The van der Waals surface area contributed by atoms with Crippen molar-refractivity contribution in [3.8, 4) is 0 Å². The van der Waals surface area contributed by atoms with Crippen molar-refractivity contribution >= 4 is 11.8 Å². The van der Waals surface area contributed by atoms with E-state index in [9.17, 15) is 9.59 Å². The Bertz CT molecular complexity index is 596. The maximum Gasteiger partial charge on any atom is 0.339 e. The average molecular weight is 257 g/mol. The lowest BCUT2D eigenvalue weighted by molar-refractivity contribution is 0.0526. The number of nitrogens with one attached hydrogen (secondary N) is 1. The molecular weight excluding hydrogens is 242 g/mol. The van der Waals surface area contributed by atoms with Crippen molar-refractivity contribution in [1.82, 2.24) is 4.98 Å². The van der Waals surface area contributed by atoms with E-state index < -0.39 is 5.97 Å². The molecule has 0 atom stereocenters. The second kappa shape index (κ2) is 5.52. The van der Waals surface area contributed by atoms with Crippen molar-refractivity contribution < 1.29 is 14.3 Å². The molecule has 0 saturated carbocycles. The molecule has 1 aromatic heterocycles. The van der Waals surface area contributed by atoms with E-state index in [1.165, 1.54) is 12.3 Å². The highest BCUT2D eigenvalue weighted by Crippen LogP contribution is 2.12. The summed E-state index contributed by atoms with van der Waals surface area (Å²) in [6.07, 6.45) is 1.49. The van der Waals surface area contributed by atoms with Gasteiger partial charge in [-0.25, -0.2) is 4.79 Å². The number of aromatic amines is 1. The van der Waals surface area contributed by atoms with Gasteiger partial charge in [0, 0.05) is 11.8 Å². The molecule has 98 valence electrons. The summed E-state index contributed by atoms with van der Waals surface area (Å²) in [5.41, 5.74) is 2.42. The molecule has 0 amide bonds. The second-order valence-electron chi connectivity index (χ2n) is 4.22. The second-order valence-corrected chi connectivity index (χ2v) is 4.22. The Balaban J connectivity index is 2.20. The molecule has 0 radical (unpaired) electrons. The molecule has 2 aromatic rings. The third kappa shape index (κ3) is 2.91. The monoisotopic (exact) mass is 257 g/mol. The zero-order valence-corrected chi connectivity index (χ0v) is 10.9. The summed E-state index contributed by atoms with van der Waals surface area (Å²) in [4.78, 5) is 26.5. The summed E-state index contributed by atoms with van der Waals surface area (Å²) in [6.45, 7) is 4.01. The third-order valence-corrected chi connectivity index (χ3v) is 2.75. The zero-order valence-electron chi connectivity index (χ0n) is 10.9.